The molecule has 19 heavy (non-hydrogen) atoms. The third kappa shape index (κ3) is 2.84. The van der Waals surface area contributed by atoms with E-state index in [0.29, 0.717) is 12.1 Å². The fourth-order valence-corrected chi connectivity index (χ4v) is 3.22. The molecule has 3 nitrogen and oxygen atoms in total. The fraction of sp³-hybridized carbons (Fsp3) is 0.600. The summed E-state index contributed by atoms with van der Waals surface area (Å²) in [5, 5.41) is 3.60. The Labute approximate surface area is 119 Å². The van der Waals surface area contributed by atoms with Gasteiger partial charge < -0.3 is 14.8 Å². The van der Waals surface area contributed by atoms with Crippen molar-refractivity contribution in [1.82, 2.24) is 5.32 Å². The minimum atomic E-state index is 0.351. The molecule has 2 aliphatic heterocycles. The van der Waals surface area contributed by atoms with Crippen LogP contribution >= 0.6 is 11.8 Å². The molecule has 2 heterocycles. The summed E-state index contributed by atoms with van der Waals surface area (Å²) in [7, 11) is 1.72. The van der Waals surface area contributed by atoms with Gasteiger partial charge in [-0.1, -0.05) is 18.6 Å². The van der Waals surface area contributed by atoms with Crippen molar-refractivity contribution < 1.29 is 9.47 Å². The van der Waals surface area contributed by atoms with Crippen molar-refractivity contribution in [1.29, 1.82) is 0 Å². The summed E-state index contributed by atoms with van der Waals surface area (Å²) >= 11 is 1.94. The summed E-state index contributed by atoms with van der Waals surface area (Å²) in [4.78, 5) is 0. The van der Waals surface area contributed by atoms with Gasteiger partial charge >= 0.3 is 0 Å². The highest BCUT2D eigenvalue weighted by Crippen LogP contribution is 2.39. The lowest BCUT2D eigenvalue weighted by atomic mass is 9.96. The molecule has 1 aromatic carbocycles. The first kappa shape index (κ1) is 13.1. The number of nitrogens with one attached hydrogen (secondary N) is 1. The predicted octanol–water partition coefficient (Wildman–Crippen LogP) is 3.00. The predicted molar refractivity (Wildman–Crippen MR) is 79.3 cm³/mol. The standard InChI is InChI=1S/C15H21NO2S/c1-17-14-7-4-5-12(13-6-2-3-8-16-13)15(14)18-11-9-19-10-11/h4-5,7,11,13,16H,2-3,6,8-10H2,1H3. The largest absolute Gasteiger partial charge is 0.493 e. The van der Waals surface area contributed by atoms with Crippen molar-refractivity contribution in [2.75, 3.05) is 25.2 Å². The summed E-state index contributed by atoms with van der Waals surface area (Å²) in [6.45, 7) is 1.10. The van der Waals surface area contributed by atoms with E-state index >= 15 is 0 Å². The lowest BCUT2D eigenvalue weighted by Crippen LogP contribution is -2.33. The maximum Gasteiger partial charge on any atom is 0.166 e. The Morgan fingerprint density at radius 3 is 2.79 bits per heavy atom. The molecule has 2 fully saturated rings. The van der Waals surface area contributed by atoms with E-state index < -0.39 is 0 Å². The molecule has 0 bridgehead atoms. The van der Waals surface area contributed by atoms with E-state index in [2.05, 4.69) is 17.4 Å². The average Bonchev–Trinajstić information content (AvgIpc) is 2.43. The third-order valence-electron chi connectivity index (χ3n) is 3.81. The van der Waals surface area contributed by atoms with Gasteiger partial charge in [0.15, 0.2) is 11.5 Å². The zero-order valence-electron chi connectivity index (χ0n) is 11.4. The van der Waals surface area contributed by atoms with Crippen LogP contribution in [0.1, 0.15) is 30.9 Å². The summed E-state index contributed by atoms with van der Waals surface area (Å²) in [6, 6.07) is 6.64. The number of methoxy groups -OCH3 is 1. The van der Waals surface area contributed by atoms with Gasteiger partial charge in [0, 0.05) is 23.1 Å². The van der Waals surface area contributed by atoms with Crippen LogP contribution in [-0.4, -0.2) is 31.3 Å². The summed E-state index contributed by atoms with van der Waals surface area (Å²) in [5.41, 5.74) is 1.26. The van der Waals surface area contributed by atoms with Gasteiger partial charge in [-0.3, -0.25) is 0 Å². The van der Waals surface area contributed by atoms with Crippen molar-refractivity contribution in [3.63, 3.8) is 0 Å². The number of hydrogen-bond acceptors (Lipinski definition) is 4. The van der Waals surface area contributed by atoms with Crippen LogP contribution < -0.4 is 14.8 Å². The smallest absolute Gasteiger partial charge is 0.166 e. The summed E-state index contributed by atoms with van der Waals surface area (Å²) < 4.78 is 11.7. The number of hydrogen-bond donors (Lipinski definition) is 1. The molecule has 2 saturated heterocycles. The SMILES string of the molecule is COc1cccc(C2CCCCN2)c1OC1CSC1. The van der Waals surface area contributed by atoms with E-state index in [1.807, 2.05) is 17.8 Å². The van der Waals surface area contributed by atoms with E-state index in [1.54, 1.807) is 7.11 Å². The Hall–Kier alpha value is -0.870. The zero-order valence-corrected chi connectivity index (χ0v) is 12.2. The van der Waals surface area contributed by atoms with Gasteiger partial charge in [0.1, 0.15) is 6.10 Å². The Balaban J connectivity index is 1.87. The number of rotatable bonds is 4. The van der Waals surface area contributed by atoms with Crippen molar-refractivity contribution in [3.8, 4) is 11.5 Å². The summed E-state index contributed by atoms with van der Waals surface area (Å²) in [6.07, 6.45) is 4.09. The number of ether oxygens (including phenoxy) is 2. The second-order valence-electron chi connectivity index (χ2n) is 5.16. The Morgan fingerprint density at radius 1 is 1.26 bits per heavy atom. The van der Waals surface area contributed by atoms with Gasteiger partial charge in [0.25, 0.3) is 0 Å². The lowest BCUT2D eigenvalue weighted by molar-refractivity contribution is 0.222. The second-order valence-corrected chi connectivity index (χ2v) is 6.23. The van der Waals surface area contributed by atoms with E-state index in [-0.39, 0.29) is 0 Å². The molecule has 0 radical (unpaired) electrons. The monoisotopic (exact) mass is 279 g/mol. The Kier molecular flexibility index (Phi) is 4.18. The molecular formula is C15H21NO2S. The van der Waals surface area contributed by atoms with Crippen LogP contribution in [0.15, 0.2) is 18.2 Å². The highest BCUT2D eigenvalue weighted by atomic mass is 32.2. The highest BCUT2D eigenvalue weighted by molar-refractivity contribution is 8.00. The number of thioether (sulfide) groups is 1. The van der Waals surface area contributed by atoms with Crippen LogP contribution in [0.2, 0.25) is 0 Å². The van der Waals surface area contributed by atoms with Crippen LogP contribution in [0.25, 0.3) is 0 Å². The van der Waals surface area contributed by atoms with Gasteiger partial charge in [-0.25, -0.2) is 0 Å². The molecular weight excluding hydrogens is 258 g/mol. The van der Waals surface area contributed by atoms with Crippen LogP contribution in [0.4, 0.5) is 0 Å². The van der Waals surface area contributed by atoms with Crippen molar-refractivity contribution >= 4 is 11.8 Å². The van der Waals surface area contributed by atoms with E-state index in [1.165, 1.54) is 24.8 Å². The minimum Gasteiger partial charge on any atom is -0.493 e. The molecule has 0 aromatic heterocycles. The summed E-state index contributed by atoms with van der Waals surface area (Å²) in [5.74, 6) is 4.00. The first-order chi connectivity index (χ1) is 9.38. The van der Waals surface area contributed by atoms with Gasteiger partial charge in [0.05, 0.1) is 7.11 Å². The van der Waals surface area contributed by atoms with Crippen molar-refractivity contribution in [2.24, 2.45) is 0 Å². The molecule has 0 spiro atoms. The van der Waals surface area contributed by atoms with Gasteiger partial charge in [-0.2, -0.15) is 11.8 Å². The normalized spacial score (nSPS) is 23.7. The van der Waals surface area contributed by atoms with E-state index in [4.69, 9.17) is 9.47 Å². The number of para-hydroxylation sites is 1. The molecule has 0 saturated carbocycles. The van der Waals surface area contributed by atoms with Crippen LogP contribution in [0.5, 0.6) is 11.5 Å². The van der Waals surface area contributed by atoms with Gasteiger partial charge in [0.2, 0.25) is 0 Å². The van der Waals surface area contributed by atoms with E-state index in [0.717, 1.165) is 29.5 Å². The van der Waals surface area contributed by atoms with Crippen LogP contribution in [0, 0.1) is 0 Å². The van der Waals surface area contributed by atoms with E-state index in [9.17, 15) is 0 Å². The molecule has 1 aromatic rings. The quantitative estimate of drug-likeness (QED) is 0.918. The van der Waals surface area contributed by atoms with Gasteiger partial charge in [-0.05, 0) is 25.5 Å². The number of benzene rings is 1. The fourth-order valence-electron chi connectivity index (χ4n) is 2.66. The maximum atomic E-state index is 6.17. The first-order valence-corrected chi connectivity index (χ1v) is 8.18. The molecule has 0 aliphatic carbocycles. The molecule has 4 heteroatoms. The van der Waals surface area contributed by atoms with Crippen LogP contribution in [0.3, 0.4) is 0 Å². The molecule has 1 unspecified atom stereocenters. The molecule has 104 valence electrons. The Morgan fingerprint density at radius 2 is 2.16 bits per heavy atom. The maximum absolute atomic E-state index is 6.17. The zero-order chi connectivity index (χ0) is 13.1. The molecule has 1 N–H and O–H groups in total. The van der Waals surface area contributed by atoms with Gasteiger partial charge in [-0.15, -0.1) is 0 Å². The average molecular weight is 279 g/mol. The molecule has 3 rings (SSSR count). The highest BCUT2D eigenvalue weighted by Gasteiger charge is 2.26. The third-order valence-corrected chi connectivity index (χ3v) is 5.02. The molecule has 1 atom stereocenters. The molecule has 2 aliphatic rings. The van der Waals surface area contributed by atoms with Crippen molar-refractivity contribution in [3.05, 3.63) is 23.8 Å². The minimum absolute atomic E-state index is 0.351. The van der Waals surface area contributed by atoms with Crippen molar-refractivity contribution in [2.45, 2.75) is 31.4 Å². The topological polar surface area (TPSA) is 30.5 Å². The number of piperidine rings is 1. The first-order valence-electron chi connectivity index (χ1n) is 7.03. The molecule has 0 amide bonds. The second kappa shape index (κ2) is 6.06. The lowest BCUT2D eigenvalue weighted by Gasteiger charge is -2.31. The van der Waals surface area contributed by atoms with Crippen LogP contribution in [-0.2, 0) is 0 Å². The Bertz CT molecular complexity index is 428.